The SMILES string of the molecule is CC(CC1(c2ccc3nc[nH]c3c2)COC1)C(=O)O. The molecule has 0 spiro atoms. The van der Waals surface area contributed by atoms with Crippen molar-refractivity contribution in [2.45, 2.75) is 18.8 Å². The lowest BCUT2D eigenvalue weighted by Gasteiger charge is -2.43. The van der Waals surface area contributed by atoms with Crippen LogP contribution in [0.2, 0.25) is 0 Å². The molecule has 1 aromatic heterocycles. The summed E-state index contributed by atoms with van der Waals surface area (Å²) in [4.78, 5) is 18.3. The molecule has 2 aromatic rings. The van der Waals surface area contributed by atoms with Gasteiger partial charge in [0.1, 0.15) is 0 Å². The number of aromatic nitrogens is 2. The van der Waals surface area contributed by atoms with Gasteiger partial charge in [-0.05, 0) is 24.1 Å². The topological polar surface area (TPSA) is 75.2 Å². The molecule has 0 bridgehead atoms. The van der Waals surface area contributed by atoms with Crippen molar-refractivity contribution in [3.05, 3.63) is 30.1 Å². The van der Waals surface area contributed by atoms with E-state index in [0.29, 0.717) is 19.6 Å². The second-order valence-electron chi connectivity index (χ2n) is 5.35. The van der Waals surface area contributed by atoms with Crippen LogP contribution in [0.5, 0.6) is 0 Å². The highest BCUT2D eigenvalue weighted by molar-refractivity contribution is 5.75. The molecule has 0 radical (unpaired) electrons. The van der Waals surface area contributed by atoms with Crippen LogP contribution in [0.3, 0.4) is 0 Å². The van der Waals surface area contributed by atoms with E-state index < -0.39 is 5.97 Å². The van der Waals surface area contributed by atoms with Gasteiger partial charge in [-0.2, -0.15) is 0 Å². The lowest BCUT2D eigenvalue weighted by molar-refractivity contribution is -0.144. The zero-order chi connectivity index (χ0) is 13.5. The molecule has 3 rings (SSSR count). The third-order valence-corrected chi connectivity index (χ3v) is 3.91. The number of carboxylic acid groups (broad SMARTS) is 1. The summed E-state index contributed by atoms with van der Waals surface area (Å²) in [5, 5.41) is 9.09. The number of rotatable bonds is 4. The normalized spacial score (nSPS) is 19.0. The van der Waals surface area contributed by atoms with Gasteiger partial charge in [-0.25, -0.2) is 4.98 Å². The molecular weight excluding hydrogens is 244 g/mol. The average Bonchev–Trinajstić information content (AvgIpc) is 2.80. The van der Waals surface area contributed by atoms with E-state index in [4.69, 9.17) is 9.84 Å². The molecule has 5 heteroatoms. The Bertz CT molecular complexity index is 616. The maximum absolute atomic E-state index is 11.1. The molecule has 100 valence electrons. The van der Waals surface area contributed by atoms with Crippen molar-refractivity contribution < 1.29 is 14.6 Å². The highest BCUT2D eigenvalue weighted by Gasteiger charge is 2.42. The smallest absolute Gasteiger partial charge is 0.306 e. The molecule has 1 unspecified atom stereocenters. The number of nitrogens with one attached hydrogen (secondary N) is 1. The molecule has 1 saturated heterocycles. The summed E-state index contributed by atoms with van der Waals surface area (Å²) in [5.41, 5.74) is 2.86. The third-order valence-electron chi connectivity index (χ3n) is 3.91. The summed E-state index contributed by atoms with van der Waals surface area (Å²) >= 11 is 0. The van der Waals surface area contributed by atoms with E-state index in [0.717, 1.165) is 16.6 Å². The van der Waals surface area contributed by atoms with Crippen LogP contribution >= 0.6 is 0 Å². The largest absolute Gasteiger partial charge is 0.481 e. The Morgan fingerprint density at radius 1 is 1.58 bits per heavy atom. The van der Waals surface area contributed by atoms with E-state index in [2.05, 4.69) is 16.0 Å². The number of nitrogens with zero attached hydrogens (tertiary/aromatic N) is 1. The number of H-pyrrole nitrogens is 1. The van der Waals surface area contributed by atoms with Crippen molar-refractivity contribution in [1.82, 2.24) is 9.97 Å². The van der Waals surface area contributed by atoms with Crippen molar-refractivity contribution in [3.63, 3.8) is 0 Å². The second-order valence-corrected chi connectivity index (χ2v) is 5.35. The van der Waals surface area contributed by atoms with Gasteiger partial charge < -0.3 is 14.8 Å². The minimum atomic E-state index is -0.756. The minimum absolute atomic E-state index is 0.170. The fourth-order valence-corrected chi connectivity index (χ4v) is 2.69. The highest BCUT2D eigenvalue weighted by atomic mass is 16.5. The second kappa shape index (κ2) is 4.35. The predicted molar refractivity (Wildman–Crippen MR) is 70.0 cm³/mol. The first-order valence-corrected chi connectivity index (χ1v) is 6.35. The maximum atomic E-state index is 11.1. The summed E-state index contributed by atoms with van der Waals surface area (Å²) in [6.07, 6.45) is 2.26. The molecule has 0 amide bonds. The fraction of sp³-hybridized carbons (Fsp3) is 0.429. The van der Waals surface area contributed by atoms with Gasteiger partial charge >= 0.3 is 5.97 Å². The molecule has 1 fully saturated rings. The molecule has 0 saturated carbocycles. The minimum Gasteiger partial charge on any atom is -0.481 e. The van der Waals surface area contributed by atoms with Crippen molar-refractivity contribution >= 4 is 17.0 Å². The van der Waals surface area contributed by atoms with Crippen LogP contribution in [0, 0.1) is 5.92 Å². The van der Waals surface area contributed by atoms with Crippen LogP contribution in [0.4, 0.5) is 0 Å². The Morgan fingerprint density at radius 2 is 2.37 bits per heavy atom. The Labute approximate surface area is 110 Å². The summed E-state index contributed by atoms with van der Waals surface area (Å²) in [6.45, 7) is 2.92. The number of hydrogen-bond acceptors (Lipinski definition) is 3. The number of aromatic amines is 1. The molecule has 1 atom stereocenters. The first kappa shape index (κ1) is 12.2. The van der Waals surface area contributed by atoms with E-state index in [1.54, 1.807) is 13.3 Å². The number of carbonyl (C=O) groups is 1. The van der Waals surface area contributed by atoms with Crippen LogP contribution in [-0.2, 0) is 14.9 Å². The average molecular weight is 260 g/mol. The zero-order valence-corrected chi connectivity index (χ0v) is 10.7. The monoisotopic (exact) mass is 260 g/mol. The van der Waals surface area contributed by atoms with Crippen LogP contribution < -0.4 is 0 Å². The van der Waals surface area contributed by atoms with Gasteiger partial charge in [0.05, 0.1) is 36.5 Å². The molecule has 0 aliphatic carbocycles. The maximum Gasteiger partial charge on any atom is 0.306 e. The fourth-order valence-electron chi connectivity index (χ4n) is 2.69. The van der Waals surface area contributed by atoms with E-state index in [-0.39, 0.29) is 11.3 Å². The van der Waals surface area contributed by atoms with Gasteiger partial charge in [0.2, 0.25) is 0 Å². The molecular formula is C14H16N2O3. The van der Waals surface area contributed by atoms with Crippen molar-refractivity contribution in [2.75, 3.05) is 13.2 Å². The van der Waals surface area contributed by atoms with Crippen LogP contribution in [0.25, 0.3) is 11.0 Å². The van der Waals surface area contributed by atoms with Crippen molar-refractivity contribution in [1.29, 1.82) is 0 Å². The molecule has 2 N–H and O–H groups in total. The zero-order valence-electron chi connectivity index (χ0n) is 10.7. The van der Waals surface area contributed by atoms with E-state index in [1.165, 1.54) is 0 Å². The van der Waals surface area contributed by atoms with Gasteiger partial charge in [-0.1, -0.05) is 13.0 Å². The molecule has 19 heavy (non-hydrogen) atoms. The number of aliphatic carboxylic acids is 1. The lowest BCUT2D eigenvalue weighted by atomic mass is 9.72. The van der Waals surface area contributed by atoms with Gasteiger partial charge in [0.25, 0.3) is 0 Å². The molecule has 2 heterocycles. The summed E-state index contributed by atoms with van der Waals surface area (Å²) in [6, 6.07) is 6.05. The number of hydrogen-bond donors (Lipinski definition) is 2. The number of ether oxygens (including phenoxy) is 1. The van der Waals surface area contributed by atoms with Crippen LogP contribution in [0.1, 0.15) is 18.9 Å². The van der Waals surface area contributed by atoms with E-state index in [1.807, 2.05) is 12.1 Å². The summed E-state index contributed by atoms with van der Waals surface area (Å²) in [7, 11) is 0. The molecule has 1 aliphatic rings. The van der Waals surface area contributed by atoms with E-state index in [9.17, 15) is 4.79 Å². The third kappa shape index (κ3) is 2.00. The lowest BCUT2D eigenvalue weighted by Crippen LogP contribution is -2.48. The standard InChI is InChI=1S/C14H16N2O3/c1-9(13(17)18)5-14(6-19-7-14)10-2-3-11-12(4-10)16-8-15-11/h2-4,8-9H,5-7H2,1H3,(H,15,16)(H,17,18). The number of benzene rings is 1. The van der Waals surface area contributed by atoms with E-state index >= 15 is 0 Å². The molecule has 1 aromatic carbocycles. The van der Waals surface area contributed by atoms with Gasteiger partial charge in [-0.15, -0.1) is 0 Å². The summed E-state index contributed by atoms with van der Waals surface area (Å²) in [5.74, 6) is -1.13. The van der Waals surface area contributed by atoms with Crippen LogP contribution in [-0.4, -0.2) is 34.3 Å². The van der Waals surface area contributed by atoms with Gasteiger partial charge in [0.15, 0.2) is 0 Å². The van der Waals surface area contributed by atoms with Crippen molar-refractivity contribution in [2.24, 2.45) is 5.92 Å². The summed E-state index contributed by atoms with van der Waals surface area (Å²) < 4.78 is 5.35. The Morgan fingerprint density at radius 3 is 3.00 bits per heavy atom. The Kier molecular flexibility index (Phi) is 2.78. The highest BCUT2D eigenvalue weighted by Crippen LogP contribution is 2.39. The number of imidazole rings is 1. The Balaban J connectivity index is 1.94. The molecule has 5 nitrogen and oxygen atoms in total. The predicted octanol–water partition coefficient (Wildman–Crippen LogP) is 1.94. The first-order valence-electron chi connectivity index (χ1n) is 6.35. The number of fused-ring (bicyclic) bond motifs is 1. The molecule has 1 aliphatic heterocycles. The van der Waals surface area contributed by atoms with Crippen LogP contribution in [0.15, 0.2) is 24.5 Å². The quantitative estimate of drug-likeness (QED) is 0.881. The van der Waals surface area contributed by atoms with Gasteiger partial charge in [-0.3, -0.25) is 4.79 Å². The Hall–Kier alpha value is -1.88. The van der Waals surface area contributed by atoms with Crippen molar-refractivity contribution in [3.8, 4) is 0 Å². The first-order chi connectivity index (χ1) is 9.11. The number of carboxylic acids is 1. The van der Waals surface area contributed by atoms with Gasteiger partial charge in [0, 0.05) is 5.41 Å².